The van der Waals surface area contributed by atoms with Crippen molar-refractivity contribution in [1.29, 1.82) is 0 Å². The Kier molecular flexibility index (Phi) is 4.15. The van der Waals surface area contributed by atoms with Gasteiger partial charge < -0.3 is 5.73 Å². The number of nitrogens with two attached hydrogens (primary N) is 1. The monoisotopic (exact) mass is 227 g/mol. The minimum Gasteiger partial charge on any atom is -0.369 e. The average molecular weight is 227 g/mol. The van der Waals surface area contributed by atoms with Crippen LogP contribution in [0.1, 0.15) is 24.7 Å². The highest BCUT2D eigenvalue weighted by Gasteiger charge is 2.15. The molecule has 0 aliphatic rings. The molecule has 0 fully saturated rings. The van der Waals surface area contributed by atoms with Crippen LogP contribution in [0.25, 0.3) is 0 Å². The number of carbonyl (C=O) groups excluding carboxylic acids is 1. The summed E-state index contributed by atoms with van der Waals surface area (Å²) in [5.74, 6) is -0.576. The normalized spacial score (nSPS) is 14.6. The molecule has 2 nitrogen and oxygen atoms in total. The molecule has 0 unspecified atom stereocenters. The number of rotatable bonds is 4. The second kappa shape index (κ2) is 5.16. The van der Waals surface area contributed by atoms with E-state index in [0.29, 0.717) is 0 Å². The van der Waals surface area contributed by atoms with E-state index >= 15 is 0 Å². The summed E-state index contributed by atoms with van der Waals surface area (Å²) in [5, 5.41) is -0.0989. The number of benzene rings is 1. The fraction of sp³-hybridized carbons (Fsp3) is 0.364. The Morgan fingerprint density at radius 3 is 2.33 bits per heavy atom. The van der Waals surface area contributed by atoms with Crippen LogP contribution in [0, 0.1) is 5.82 Å². The van der Waals surface area contributed by atoms with Gasteiger partial charge in [0, 0.05) is 5.25 Å². The third-order valence-corrected chi connectivity index (χ3v) is 3.47. The van der Waals surface area contributed by atoms with Gasteiger partial charge in [0.2, 0.25) is 5.91 Å². The first kappa shape index (κ1) is 12.0. The number of hydrogen-bond acceptors (Lipinski definition) is 2. The fourth-order valence-corrected chi connectivity index (χ4v) is 2.25. The molecule has 1 rings (SSSR count). The first-order chi connectivity index (χ1) is 7.00. The van der Waals surface area contributed by atoms with Crippen molar-refractivity contribution in [2.75, 3.05) is 0 Å². The highest BCUT2D eigenvalue weighted by Crippen LogP contribution is 2.31. The lowest BCUT2D eigenvalue weighted by molar-refractivity contribution is -0.117. The summed E-state index contributed by atoms with van der Waals surface area (Å²) in [6.07, 6.45) is 0. The van der Waals surface area contributed by atoms with Crippen LogP contribution in [0.2, 0.25) is 0 Å². The van der Waals surface area contributed by atoms with Gasteiger partial charge in [0.05, 0.1) is 5.25 Å². The summed E-state index contributed by atoms with van der Waals surface area (Å²) in [6.45, 7) is 3.74. The van der Waals surface area contributed by atoms with Crippen LogP contribution < -0.4 is 5.73 Å². The molecule has 0 aliphatic carbocycles. The molecule has 2 N–H and O–H groups in total. The molecule has 4 heteroatoms. The van der Waals surface area contributed by atoms with E-state index in [4.69, 9.17) is 5.73 Å². The van der Waals surface area contributed by atoms with E-state index in [1.54, 1.807) is 19.1 Å². The molecule has 1 aromatic rings. The maximum atomic E-state index is 12.7. The Balaban J connectivity index is 2.64. The van der Waals surface area contributed by atoms with Crippen molar-refractivity contribution in [1.82, 2.24) is 0 Å². The SMILES string of the molecule is C[C@H](S[C@H](C)C(N)=O)c1ccc(F)cc1. The van der Waals surface area contributed by atoms with Crippen molar-refractivity contribution in [3.63, 3.8) is 0 Å². The lowest BCUT2D eigenvalue weighted by Gasteiger charge is -2.14. The first-order valence-corrected chi connectivity index (χ1v) is 5.65. The third kappa shape index (κ3) is 3.55. The smallest absolute Gasteiger partial charge is 0.230 e. The molecule has 0 aliphatic heterocycles. The van der Waals surface area contributed by atoms with Crippen LogP contribution in [-0.4, -0.2) is 11.2 Å². The van der Waals surface area contributed by atoms with Crippen molar-refractivity contribution < 1.29 is 9.18 Å². The standard InChI is InChI=1S/C11H14FNOS/c1-7(15-8(2)11(13)14)9-3-5-10(12)6-4-9/h3-8H,1-2H3,(H2,13,14)/t7-,8+/m0/s1. The minimum absolute atomic E-state index is 0.132. The van der Waals surface area contributed by atoms with E-state index in [0.717, 1.165) is 5.56 Å². The largest absolute Gasteiger partial charge is 0.369 e. The van der Waals surface area contributed by atoms with Gasteiger partial charge in [0.1, 0.15) is 5.82 Å². The predicted octanol–water partition coefficient (Wildman–Crippen LogP) is 2.49. The number of hydrogen-bond donors (Lipinski definition) is 1. The van der Waals surface area contributed by atoms with E-state index in [9.17, 15) is 9.18 Å². The molecule has 0 spiro atoms. The topological polar surface area (TPSA) is 43.1 Å². The molecule has 1 aromatic carbocycles. The summed E-state index contributed by atoms with van der Waals surface area (Å²) in [7, 11) is 0. The van der Waals surface area contributed by atoms with Crippen LogP contribution in [0.4, 0.5) is 4.39 Å². The van der Waals surface area contributed by atoms with Gasteiger partial charge in [-0.25, -0.2) is 4.39 Å². The molecule has 82 valence electrons. The lowest BCUT2D eigenvalue weighted by atomic mass is 10.2. The van der Waals surface area contributed by atoms with Crippen molar-refractivity contribution in [3.8, 4) is 0 Å². The molecule has 0 saturated heterocycles. The van der Waals surface area contributed by atoms with Gasteiger partial charge in [-0.1, -0.05) is 12.1 Å². The van der Waals surface area contributed by atoms with Crippen molar-refractivity contribution in [2.24, 2.45) is 5.73 Å². The van der Waals surface area contributed by atoms with E-state index in [2.05, 4.69) is 0 Å². The van der Waals surface area contributed by atoms with E-state index in [1.165, 1.54) is 23.9 Å². The van der Waals surface area contributed by atoms with E-state index in [-0.39, 0.29) is 22.2 Å². The van der Waals surface area contributed by atoms with Gasteiger partial charge in [-0.05, 0) is 31.5 Å². The highest BCUT2D eigenvalue weighted by molar-refractivity contribution is 8.00. The molecule has 15 heavy (non-hydrogen) atoms. The zero-order chi connectivity index (χ0) is 11.4. The predicted molar refractivity (Wildman–Crippen MR) is 61.1 cm³/mol. The second-order valence-electron chi connectivity index (χ2n) is 3.37. The molecule has 1 amide bonds. The van der Waals surface area contributed by atoms with Crippen molar-refractivity contribution >= 4 is 17.7 Å². The van der Waals surface area contributed by atoms with Crippen molar-refractivity contribution in [2.45, 2.75) is 24.3 Å². The van der Waals surface area contributed by atoms with Crippen LogP contribution >= 0.6 is 11.8 Å². The van der Waals surface area contributed by atoms with Gasteiger partial charge >= 0.3 is 0 Å². The molecular formula is C11H14FNOS. The quantitative estimate of drug-likeness (QED) is 0.858. The van der Waals surface area contributed by atoms with Crippen LogP contribution in [0.5, 0.6) is 0 Å². The number of thioether (sulfide) groups is 1. The molecule has 0 heterocycles. The summed E-state index contributed by atoms with van der Waals surface area (Å²) in [5.41, 5.74) is 6.16. The molecular weight excluding hydrogens is 213 g/mol. The summed E-state index contributed by atoms with van der Waals surface area (Å²) >= 11 is 1.47. The van der Waals surface area contributed by atoms with Crippen LogP contribution in [0.3, 0.4) is 0 Å². The van der Waals surface area contributed by atoms with Gasteiger partial charge in [-0.15, -0.1) is 11.8 Å². The van der Waals surface area contributed by atoms with Crippen molar-refractivity contribution in [3.05, 3.63) is 35.6 Å². The summed E-state index contributed by atoms with van der Waals surface area (Å²) < 4.78 is 12.7. The minimum atomic E-state index is -0.325. The number of primary amides is 1. The maximum Gasteiger partial charge on any atom is 0.230 e. The fourth-order valence-electron chi connectivity index (χ4n) is 1.19. The average Bonchev–Trinajstić information content (AvgIpc) is 2.18. The Morgan fingerprint density at radius 2 is 1.87 bits per heavy atom. The third-order valence-electron chi connectivity index (χ3n) is 2.15. The molecule has 2 atom stereocenters. The molecule has 0 aromatic heterocycles. The maximum absolute atomic E-state index is 12.7. The van der Waals surface area contributed by atoms with E-state index < -0.39 is 0 Å². The van der Waals surface area contributed by atoms with E-state index in [1.807, 2.05) is 6.92 Å². The number of amides is 1. The Labute approximate surface area is 93.0 Å². The van der Waals surface area contributed by atoms with Gasteiger partial charge in [0.15, 0.2) is 0 Å². The molecule has 0 bridgehead atoms. The van der Waals surface area contributed by atoms with Crippen LogP contribution in [-0.2, 0) is 4.79 Å². The highest BCUT2D eigenvalue weighted by atomic mass is 32.2. The van der Waals surface area contributed by atoms with Gasteiger partial charge in [-0.3, -0.25) is 4.79 Å². The zero-order valence-corrected chi connectivity index (χ0v) is 9.55. The lowest BCUT2D eigenvalue weighted by Crippen LogP contribution is -2.23. The summed E-state index contributed by atoms with van der Waals surface area (Å²) in [6, 6.07) is 6.28. The second-order valence-corrected chi connectivity index (χ2v) is 5.06. The number of carbonyl (C=O) groups is 1. The Bertz CT molecular complexity index is 339. The molecule has 0 radical (unpaired) electrons. The Hall–Kier alpha value is -1.03. The Morgan fingerprint density at radius 1 is 1.33 bits per heavy atom. The van der Waals surface area contributed by atoms with Gasteiger partial charge in [0.25, 0.3) is 0 Å². The first-order valence-electron chi connectivity index (χ1n) is 4.71. The summed E-state index contributed by atoms with van der Waals surface area (Å²) in [4.78, 5) is 10.9. The van der Waals surface area contributed by atoms with Crippen LogP contribution in [0.15, 0.2) is 24.3 Å². The number of halogens is 1. The molecule has 0 saturated carbocycles. The van der Waals surface area contributed by atoms with Gasteiger partial charge in [-0.2, -0.15) is 0 Å². The zero-order valence-electron chi connectivity index (χ0n) is 8.74.